The van der Waals surface area contributed by atoms with Crippen LogP contribution in [0.4, 0.5) is 16.5 Å². The van der Waals surface area contributed by atoms with Crippen molar-refractivity contribution in [1.82, 2.24) is 10.2 Å². The molecule has 0 radical (unpaired) electrons. The number of aromatic nitrogens is 2. The molecular weight excluding hydrogens is 438 g/mol. The predicted molar refractivity (Wildman–Crippen MR) is 129 cm³/mol. The summed E-state index contributed by atoms with van der Waals surface area (Å²) in [5, 5.41) is 14.9. The van der Waals surface area contributed by atoms with Crippen LogP contribution in [0.1, 0.15) is 52.2 Å². The van der Waals surface area contributed by atoms with Crippen molar-refractivity contribution in [3.05, 3.63) is 64.2 Å². The summed E-state index contributed by atoms with van der Waals surface area (Å²) in [4.78, 5) is 38.5. The molecule has 0 saturated carbocycles. The second-order valence-electron chi connectivity index (χ2n) is 8.13. The lowest BCUT2D eigenvalue weighted by molar-refractivity contribution is -0.117. The fraction of sp³-hybridized carbons (Fsp3) is 0.292. The van der Waals surface area contributed by atoms with Crippen LogP contribution in [-0.2, 0) is 9.59 Å². The van der Waals surface area contributed by atoms with Crippen LogP contribution in [0, 0.1) is 13.8 Å². The van der Waals surface area contributed by atoms with Gasteiger partial charge in [-0.05, 0) is 61.4 Å². The van der Waals surface area contributed by atoms with Crippen LogP contribution in [0.3, 0.4) is 0 Å². The number of nitrogens with one attached hydrogen (secondary N) is 2. The van der Waals surface area contributed by atoms with E-state index in [1.54, 1.807) is 36.1 Å². The lowest BCUT2D eigenvalue weighted by Gasteiger charge is -2.17. The predicted octanol–water partition coefficient (Wildman–Crippen LogP) is 4.28. The zero-order valence-electron chi connectivity index (χ0n) is 18.7. The quantitative estimate of drug-likeness (QED) is 0.568. The van der Waals surface area contributed by atoms with Crippen molar-refractivity contribution in [2.45, 2.75) is 39.5 Å². The van der Waals surface area contributed by atoms with Crippen molar-refractivity contribution in [2.24, 2.45) is 0 Å². The molecule has 0 spiro atoms. The molecule has 2 N–H and O–H groups in total. The Balaban J connectivity index is 1.40. The molecule has 0 bridgehead atoms. The monoisotopic (exact) mass is 463 g/mol. The van der Waals surface area contributed by atoms with Gasteiger partial charge in [0.15, 0.2) is 0 Å². The largest absolute Gasteiger partial charge is 0.326 e. The summed E-state index contributed by atoms with van der Waals surface area (Å²) >= 11 is 1.28. The van der Waals surface area contributed by atoms with Crippen LogP contribution in [0.2, 0.25) is 0 Å². The van der Waals surface area contributed by atoms with Gasteiger partial charge in [-0.1, -0.05) is 24.3 Å². The van der Waals surface area contributed by atoms with Crippen LogP contribution in [0.25, 0.3) is 0 Å². The first-order valence-electron chi connectivity index (χ1n) is 10.8. The molecule has 4 rings (SSSR count). The Morgan fingerprint density at radius 1 is 1.06 bits per heavy atom. The molecule has 9 heteroatoms. The second-order valence-corrected chi connectivity index (χ2v) is 9.14. The minimum absolute atomic E-state index is 0.0565. The topological polar surface area (TPSA) is 104 Å². The Bertz CT molecular complexity index is 1180. The number of aryl methyl sites for hydroxylation is 2. The number of anilines is 3. The molecule has 8 nitrogen and oxygen atoms in total. The normalized spacial score (nSPS) is 15.5. The summed E-state index contributed by atoms with van der Waals surface area (Å²) in [7, 11) is 0. The van der Waals surface area contributed by atoms with Crippen molar-refractivity contribution in [1.29, 1.82) is 0 Å². The smallest absolute Gasteiger partial charge is 0.257 e. The molecule has 1 atom stereocenters. The molecular formula is C24H25N5O3S. The van der Waals surface area contributed by atoms with E-state index >= 15 is 0 Å². The van der Waals surface area contributed by atoms with E-state index in [1.165, 1.54) is 11.3 Å². The number of rotatable bonds is 6. The first kappa shape index (κ1) is 22.6. The van der Waals surface area contributed by atoms with E-state index in [0.717, 1.165) is 21.8 Å². The number of amides is 3. The van der Waals surface area contributed by atoms with Gasteiger partial charge in [0.25, 0.3) is 5.91 Å². The third kappa shape index (κ3) is 5.25. The van der Waals surface area contributed by atoms with E-state index in [0.29, 0.717) is 35.8 Å². The van der Waals surface area contributed by atoms with Crippen LogP contribution in [-0.4, -0.2) is 34.5 Å². The standard InChI is InChI=1S/C24H25N5O3S/c1-4-20(30)25-18-7-5-16(6-8-18)22(32)26-24-28-27-23(33-24)17-12-21(31)29(13-17)19-10-14(2)9-15(3)11-19/h5-11,17H,4,12-13H2,1-3H3,(H,25,30)(H,26,28,32). The van der Waals surface area contributed by atoms with E-state index in [2.05, 4.69) is 26.9 Å². The van der Waals surface area contributed by atoms with Crippen LogP contribution < -0.4 is 15.5 Å². The molecule has 1 fully saturated rings. The van der Waals surface area contributed by atoms with Gasteiger partial charge in [-0.25, -0.2) is 0 Å². The van der Waals surface area contributed by atoms with Gasteiger partial charge in [-0.15, -0.1) is 10.2 Å². The lowest BCUT2D eigenvalue weighted by atomic mass is 10.1. The molecule has 170 valence electrons. The van der Waals surface area contributed by atoms with Crippen molar-refractivity contribution < 1.29 is 14.4 Å². The average Bonchev–Trinajstić information content (AvgIpc) is 3.40. The van der Waals surface area contributed by atoms with Gasteiger partial charge in [0.1, 0.15) is 5.01 Å². The molecule has 3 amide bonds. The third-order valence-electron chi connectivity index (χ3n) is 5.41. The van der Waals surface area contributed by atoms with Crippen LogP contribution in [0.15, 0.2) is 42.5 Å². The number of carbonyl (C=O) groups excluding carboxylic acids is 3. The molecule has 33 heavy (non-hydrogen) atoms. The van der Waals surface area contributed by atoms with E-state index in [1.807, 2.05) is 26.0 Å². The number of carbonyl (C=O) groups is 3. The lowest BCUT2D eigenvalue weighted by Crippen LogP contribution is -2.24. The molecule has 3 aromatic rings. The summed E-state index contributed by atoms with van der Waals surface area (Å²) in [5.41, 5.74) is 4.21. The molecule has 0 aliphatic carbocycles. The van der Waals surface area contributed by atoms with Crippen LogP contribution >= 0.6 is 11.3 Å². The zero-order chi connectivity index (χ0) is 23.5. The van der Waals surface area contributed by atoms with Gasteiger partial charge >= 0.3 is 0 Å². The Hall–Kier alpha value is -3.59. The molecule has 1 aliphatic rings. The minimum atomic E-state index is -0.314. The first-order chi connectivity index (χ1) is 15.8. The van der Waals surface area contributed by atoms with Gasteiger partial charge < -0.3 is 10.2 Å². The summed E-state index contributed by atoms with van der Waals surface area (Å²) in [6, 6.07) is 12.7. The fourth-order valence-corrected chi connectivity index (χ4v) is 4.63. The Kier molecular flexibility index (Phi) is 6.50. The molecule has 1 saturated heterocycles. The summed E-state index contributed by atoms with van der Waals surface area (Å²) in [5.74, 6) is -0.413. The van der Waals surface area contributed by atoms with Crippen molar-refractivity contribution >= 4 is 45.6 Å². The van der Waals surface area contributed by atoms with Gasteiger partial charge in [-0.3, -0.25) is 19.7 Å². The highest BCUT2D eigenvalue weighted by Gasteiger charge is 2.34. The van der Waals surface area contributed by atoms with Crippen molar-refractivity contribution in [3.8, 4) is 0 Å². The minimum Gasteiger partial charge on any atom is -0.326 e. The number of nitrogens with zero attached hydrogens (tertiary/aromatic N) is 3. The summed E-state index contributed by atoms with van der Waals surface area (Å²) in [6.45, 7) is 6.34. The highest BCUT2D eigenvalue weighted by Crippen LogP contribution is 2.35. The Morgan fingerprint density at radius 2 is 1.76 bits per heavy atom. The highest BCUT2D eigenvalue weighted by atomic mass is 32.1. The summed E-state index contributed by atoms with van der Waals surface area (Å²) in [6.07, 6.45) is 0.747. The van der Waals surface area contributed by atoms with Gasteiger partial charge in [0.2, 0.25) is 16.9 Å². The summed E-state index contributed by atoms with van der Waals surface area (Å²) < 4.78 is 0. The first-order valence-corrected chi connectivity index (χ1v) is 11.6. The number of hydrogen-bond donors (Lipinski definition) is 2. The van der Waals surface area contributed by atoms with Crippen molar-refractivity contribution in [2.75, 3.05) is 22.1 Å². The Morgan fingerprint density at radius 3 is 2.42 bits per heavy atom. The van der Waals surface area contributed by atoms with E-state index in [-0.39, 0.29) is 23.6 Å². The molecule has 2 aromatic carbocycles. The SMILES string of the molecule is CCC(=O)Nc1ccc(C(=O)Nc2nnc(C3CC(=O)N(c4cc(C)cc(C)c4)C3)s2)cc1. The maximum atomic E-state index is 12.7. The molecule has 1 unspecified atom stereocenters. The highest BCUT2D eigenvalue weighted by molar-refractivity contribution is 7.15. The van der Waals surface area contributed by atoms with Crippen molar-refractivity contribution in [3.63, 3.8) is 0 Å². The molecule has 1 aliphatic heterocycles. The Labute approximate surface area is 196 Å². The molecule has 1 aromatic heterocycles. The molecule has 2 heterocycles. The third-order valence-corrected chi connectivity index (χ3v) is 6.41. The number of benzene rings is 2. The van der Waals surface area contributed by atoms with Gasteiger partial charge in [0, 0.05) is 42.2 Å². The second kappa shape index (κ2) is 9.50. The van der Waals surface area contributed by atoms with Gasteiger partial charge in [-0.2, -0.15) is 0 Å². The zero-order valence-corrected chi connectivity index (χ0v) is 19.5. The maximum absolute atomic E-state index is 12.7. The maximum Gasteiger partial charge on any atom is 0.257 e. The van der Waals surface area contributed by atoms with Gasteiger partial charge in [0.05, 0.1) is 0 Å². The van der Waals surface area contributed by atoms with E-state index < -0.39 is 0 Å². The fourth-order valence-electron chi connectivity index (χ4n) is 3.80. The van der Waals surface area contributed by atoms with E-state index in [4.69, 9.17) is 0 Å². The van der Waals surface area contributed by atoms with E-state index in [9.17, 15) is 14.4 Å². The average molecular weight is 464 g/mol. The number of hydrogen-bond acceptors (Lipinski definition) is 6. The van der Waals surface area contributed by atoms with Crippen LogP contribution in [0.5, 0.6) is 0 Å².